The van der Waals surface area contributed by atoms with E-state index < -0.39 is 89.5 Å². The van der Waals surface area contributed by atoms with Gasteiger partial charge >= 0.3 is 28.5 Å². The molecule has 62 heavy (non-hydrogen) atoms. The summed E-state index contributed by atoms with van der Waals surface area (Å²) in [5, 5.41) is 5.53. The highest BCUT2D eigenvalue weighted by Gasteiger charge is 2.62. The molecule has 2 saturated heterocycles. The van der Waals surface area contributed by atoms with E-state index in [9.17, 15) is 37.2 Å². The number of nitrogens with zero attached hydrogens (tertiary/aromatic N) is 4. The van der Waals surface area contributed by atoms with Crippen LogP contribution in [0.25, 0.3) is 0 Å². The fourth-order valence-corrected chi connectivity index (χ4v) is 10.1. The summed E-state index contributed by atoms with van der Waals surface area (Å²) in [6, 6.07) is 6.13. The van der Waals surface area contributed by atoms with E-state index in [0.29, 0.717) is 39.0 Å². The number of rotatable bonds is 8. The third-order valence-electron chi connectivity index (χ3n) is 11.8. The molecular formula is C42H63N7O11SSi. The number of nitrogens with one attached hydrogen (secondary N) is 3. The van der Waals surface area contributed by atoms with Crippen molar-refractivity contribution in [3.63, 3.8) is 0 Å². The van der Waals surface area contributed by atoms with Gasteiger partial charge < -0.3 is 34.6 Å². The number of piperazine rings is 1. The Morgan fingerprint density at radius 3 is 2.26 bits per heavy atom. The lowest BCUT2D eigenvalue weighted by Gasteiger charge is -2.34. The van der Waals surface area contributed by atoms with Crippen LogP contribution >= 0.6 is 0 Å². The number of allylic oxidation sites excluding steroid dienone is 1. The largest absolute Gasteiger partial charge is 0.450 e. The van der Waals surface area contributed by atoms with Gasteiger partial charge in [0.05, 0.1) is 13.2 Å². The summed E-state index contributed by atoms with van der Waals surface area (Å²) in [7, 11) is -5.84. The van der Waals surface area contributed by atoms with Crippen LogP contribution in [0.3, 0.4) is 0 Å². The molecule has 6 amide bonds. The Labute approximate surface area is 365 Å². The normalized spacial score (nSPS) is 26.7. The number of hydrogen-bond acceptors (Lipinski definition) is 11. The van der Waals surface area contributed by atoms with Crippen molar-refractivity contribution in [2.24, 2.45) is 5.92 Å². The number of fused-ring (bicyclic) bond motifs is 3. The fraction of sp³-hybridized carbons (Fsp3) is 0.667. The van der Waals surface area contributed by atoms with Crippen LogP contribution < -0.4 is 15.4 Å². The Bertz CT molecular complexity index is 1990. The van der Waals surface area contributed by atoms with Crippen molar-refractivity contribution in [2.45, 2.75) is 134 Å². The van der Waals surface area contributed by atoms with E-state index in [1.165, 1.54) is 14.7 Å². The number of ether oxygens (including phenoxy) is 3. The molecule has 1 aromatic rings. The molecule has 0 spiro atoms. The number of amides is 6. The molecule has 0 aromatic heterocycles. The number of carbonyl (C=O) groups is 6. The van der Waals surface area contributed by atoms with E-state index in [0.717, 1.165) is 27.9 Å². The van der Waals surface area contributed by atoms with Crippen molar-refractivity contribution in [1.82, 2.24) is 34.4 Å². The van der Waals surface area contributed by atoms with Gasteiger partial charge in [-0.2, -0.15) is 12.7 Å². The van der Waals surface area contributed by atoms with Crippen LogP contribution in [-0.4, -0.2) is 140 Å². The number of carbonyl (C=O) groups excluding carboxylic acids is 6. The minimum atomic E-state index is -4.41. The second-order valence-corrected chi connectivity index (χ2v) is 26.4. The third-order valence-corrected chi connectivity index (χ3v) is 15.0. The van der Waals surface area contributed by atoms with Crippen molar-refractivity contribution in [3.8, 4) is 0 Å². The molecule has 1 aromatic carbocycles. The lowest BCUT2D eigenvalue weighted by molar-refractivity contribution is -0.141. The molecule has 3 N–H and O–H groups in total. The summed E-state index contributed by atoms with van der Waals surface area (Å²) < 4.78 is 47.5. The average molecular weight is 902 g/mol. The first-order valence-electron chi connectivity index (χ1n) is 21.7. The Morgan fingerprint density at radius 1 is 0.935 bits per heavy atom. The summed E-state index contributed by atoms with van der Waals surface area (Å²) in [4.78, 5) is 86.6. The van der Waals surface area contributed by atoms with Crippen LogP contribution in [0.5, 0.6) is 0 Å². The minimum absolute atomic E-state index is 0.0693. The van der Waals surface area contributed by atoms with E-state index >= 15 is 0 Å². The number of alkyl carbamates (subject to hydrolysis) is 1. The van der Waals surface area contributed by atoms with Gasteiger partial charge in [0.25, 0.3) is 5.91 Å². The summed E-state index contributed by atoms with van der Waals surface area (Å²) in [6.07, 6.45) is 3.76. The molecule has 18 nitrogen and oxygen atoms in total. The first-order valence-corrected chi connectivity index (χ1v) is 26.8. The zero-order chi connectivity index (χ0) is 45.0. The lowest BCUT2D eigenvalue weighted by atomic mass is 10.0. The first kappa shape index (κ1) is 46.8. The first-order chi connectivity index (χ1) is 29.1. The minimum Gasteiger partial charge on any atom is -0.450 e. The Morgan fingerprint density at radius 2 is 1.61 bits per heavy atom. The van der Waals surface area contributed by atoms with E-state index in [-0.39, 0.29) is 52.0 Å². The smallest absolute Gasteiger partial charge is 0.410 e. The van der Waals surface area contributed by atoms with Crippen molar-refractivity contribution >= 4 is 54.3 Å². The van der Waals surface area contributed by atoms with Gasteiger partial charge in [0.2, 0.25) is 11.8 Å². The van der Waals surface area contributed by atoms with Gasteiger partial charge in [-0.15, -0.1) is 0 Å². The maximum atomic E-state index is 14.5. The highest BCUT2D eigenvalue weighted by molar-refractivity contribution is 7.87. The monoisotopic (exact) mass is 901 g/mol. The topological polar surface area (TPSA) is 213 Å². The molecule has 5 aliphatic rings. The molecule has 1 aliphatic carbocycles. The lowest BCUT2D eigenvalue weighted by Crippen LogP contribution is -2.60. The maximum absolute atomic E-state index is 14.5. The third kappa shape index (κ3) is 11.9. The fourth-order valence-electron chi connectivity index (χ4n) is 8.21. The predicted octanol–water partition coefficient (Wildman–Crippen LogP) is 3.85. The average Bonchev–Trinajstić information content (AvgIpc) is 3.48. The Kier molecular flexibility index (Phi) is 14.3. The second-order valence-electron chi connectivity index (χ2n) is 19.2. The molecule has 1 saturated carbocycles. The summed E-state index contributed by atoms with van der Waals surface area (Å²) in [5.41, 5.74) is -0.532. The van der Waals surface area contributed by atoms with E-state index in [1.54, 1.807) is 20.8 Å². The summed E-state index contributed by atoms with van der Waals surface area (Å²) in [5.74, 6) is -2.80. The van der Waals surface area contributed by atoms with Gasteiger partial charge in [0.1, 0.15) is 29.3 Å². The second kappa shape index (κ2) is 19.0. The Hall–Kier alpha value is -4.69. The van der Waals surface area contributed by atoms with Crippen LogP contribution in [0.4, 0.5) is 14.4 Å². The van der Waals surface area contributed by atoms with Gasteiger partial charge in [-0.05, 0) is 63.6 Å². The van der Waals surface area contributed by atoms with Crippen molar-refractivity contribution in [3.05, 3.63) is 47.5 Å². The summed E-state index contributed by atoms with van der Waals surface area (Å²) >= 11 is 0. The Balaban J connectivity index is 1.18. The van der Waals surface area contributed by atoms with Crippen molar-refractivity contribution in [1.29, 1.82) is 0 Å². The molecule has 20 heteroatoms. The van der Waals surface area contributed by atoms with E-state index in [4.69, 9.17) is 14.2 Å². The van der Waals surface area contributed by atoms with Crippen molar-refractivity contribution < 1.29 is 51.4 Å². The summed E-state index contributed by atoms with van der Waals surface area (Å²) in [6.45, 7) is 12.4. The van der Waals surface area contributed by atoms with Gasteiger partial charge in [-0.1, -0.05) is 68.9 Å². The quantitative estimate of drug-likeness (QED) is 0.194. The van der Waals surface area contributed by atoms with Crippen LogP contribution in [0.2, 0.25) is 25.7 Å². The van der Waals surface area contributed by atoms with E-state index in [1.807, 2.05) is 36.4 Å². The predicted molar refractivity (Wildman–Crippen MR) is 230 cm³/mol. The van der Waals surface area contributed by atoms with Crippen LogP contribution in [0.15, 0.2) is 36.4 Å². The maximum Gasteiger partial charge on any atom is 0.410 e. The molecular weight excluding hydrogens is 839 g/mol. The van der Waals surface area contributed by atoms with Crippen LogP contribution in [-0.2, 0) is 51.9 Å². The van der Waals surface area contributed by atoms with E-state index in [2.05, 4.69) is 35.0 Å². The van der Waals surface area contributed by atoms with Gasteiger partial charge in [0, 0.05) is 59.7 Å². The highest BCUT2D eigenvalue weighted by Crippen LogP contribution is 2.46. The molecule has 0 radical (unpaired) electrons. The molecule has 0 unspecified atom stereocenters. The van der Waals surface area contributed by atoms with Crippen molar-refractivity contribution in [2.75, 3.05) is 39.3 Å². The standard InChI is InChI=1S/C42H63N7O11SSi/c1-41(2,3)60-38(53)43-33-17-11-9-7-8-10-16-31-25-42(31,37(52)45-61(56,57)48-20-18-46(19-21-48)39(54)58-22-23-62(4,5)6)44-35(50)34-24-32(28-49(34)36(33)51)59-40(55)47-26-29-14-12-13-15-30(29)27-47/h10,12-16,31-34H,7-9,11,17-28H2,1-6H3,(H,43,53)(H,44,50)(H,45,52)/b16-10-/t31-,32+,33-,34-,42+/m0/s1. The molecule has 342 valence electrons. The van der Waals surface area contributed by atoms with Gasteiger partial charge in [-0.25, -0.2) is 19.1 Å². The van der Waals surface area contributed by atoms with Crippen LogP contribution in [0, 0.1) is 5.92 Å². The van der Waals surface area contributed by atoms with Crippen LogP contribution in [0.1, 0.15) is 76.8 Å². The number of benzene rings is 1. The molecule has 4 heterocycles. The molecule has 0 bridgehead atoms. The molecule has 6 rings (SSSR count). The molecule has 3 fully saturated rings. The van der Waals surface area contributed by atoms with Gasteiger partial charge in [0.15, 0.2) is 0 Å². The zero-order valence-corrected chi connectivity index (χ0v) is 38.6. The SMILES string of the molecule is CC(C)(C)OC(=O)N[C@H]1CCCCC/C=C\[C@H]2C[C@@]2(C(=O)NS(=O)(=O)N2CCN(C(=O)OCC[Si](C)(C)C)CC2)NC(=O)[C@@H]2C[C@@H](OC(=O)N3Cc4ccccc4C3)CN2C1=O. The molecule has 4 aliphatic heterocycles. The highest BCUT2D eigenvalue weighted by atomic mass is 32.2. The molecule has 5 atom stereocenters. The zero-order valence-electron chi connectivity index (χ0n) is 36.8. The number of hydrogen-bond donors (Lipinski definition) is 3. The van der Waals surface area contributed by atoms with Gasteiger partial charge in [-0.3, -0.25) is 19.3 Å².